The molecule has 206 valence electrons. The Bertz CT molecular complexity index is 1750. The molecule has 2 amide bonds. The SMILES string of the molecule is CC(=O)Nc1ccc2oc(-c3ccnc(C(=O)N4C5CC4CN(C(c4ccccc4)c4nnn(C)n4)C5)c3)nc2c1. The molecule has 2 bridgehead atoms. The van der Waals surface area contributed by atoms with Crippen LogP contribution in [0, 0.1) is 0 Å². The molecule has 3 fully saturated rings. The van der Waals surface area contributed by atoms with Crippen LogP contribution in [0.25, 0.3) is 22.6 Å². The summed E-state index contributed by atoms with van der Waals surface area (Å²) in [6, 6.07) is 18.9. The van der Waals surface area contributed by atoms with Crippen LogP contribution >= 0.6 is 0 Å². The van der Waals surface area contributed by atoms with Gasteiger partial charge in [-0.1, -0.05) is 30.3 Å². The van der Waals surface area contributed by atoms with Crippen molar-refractivity contribution in [2.45, 2.75) is 31.5 Å². The van der Waals surface area contributed by atoms with Crippen LogP contribution in [0.4, 0.5) is 5.69 Å². The Morgan fingerprint density at radius 3 is 2.59 bits per heavy atom. The average molecular weight is 550 g/mol. The molecule has 0 radical (unpaired) electrons. The zero-order valence-electron chi connectivity index (χ0n) is 22.5. The molecule has 8 rings (SSSR count). The number of oxazole rings is 1. The number of aromatic nitrogens is 6. The molecular formula is C29H27N9O3. The second-order valence-corrected chi connectivity index (χ2v) is 10.5. The number of piperidine rings is 1. The number of nitrogens with zero attached hydrogens (tertiary/aromatic N) is 8. The van der Waals surface area contributed by atoms with Crippen molar-refractivity contribution in [3.63, 3.8) is 0 Å². The van der Waals surface area contributed by atoms with Gasteiger partial charge in [0.15, 0.2) is 11.4 Å². The zero-order valence-corrected chi connectivity index (χ0v) is 22.5. The fourth-order valence-electron chi connectivity index (χ4n) is 5.90. The molecular weight excluding hydrogens is 522 g/mol. The van der Waals surface area contributed by atoms with Gasteiger partial charge < -0.3 is 14.6 Å². The Morgan fingerprint density at radius 1 is 1.05 bits per heavy atom. The third-order valence-electron chi connectivity index (χ3n) is 7.64. The Kier molecular flexibility index (Phi) is 6.04. The van der Waals surface area contributed by atoms with Crippen LogP contribution in [0.2, 0.25) is 0 Å². The minimum Gasteiger partial charge on any atom is -0.436 e. The quantitative estimate of drug-likeness (QED) is 0.339. The van der Waals surface area contributed by atoms with Crippen LogP contribution in [0.1, 0.15) is 41.3 Å². The molecule has 0 spiro atoms. The van der Waals surface area contributed by atoms with Crippen LogP contribution in [0.3, 0.4) is 0 Å². The van der Waals surface area contributed by atoms with E-state index in [0.29, 0.717) is 52.8 Å². The first-order valence-corrected chi connectivity index (χ1v) is 13.4. The van der Waals surface area contributed by atoms with Crippen molar-refractivity contribution in [2.75, 3.05) is 18.4 Å². The second-order valence-electron chi connectivity index (χ2n) is 10.5. The molecule has 3 aromatic heterocycles. The smallest absolute Gasteiger partial charge is 0.273 e. The maximum Gasteiger partial charge on any atom is 0.273 e. The van der Waals surface area contributed by atoms with Crippen molar-refractivity contribution >= 4 is 28.6 Å². The van der Waals surface area contributed by atoms with E-state index in [-0.39, 0.29) is 29.9 Å². The van der Waals surface area contributed by atoms with E-state index in [0.717, 1.165) is 12.0 Å². The molecule has 0 aliphatic carbocycles. The molecule has 41 heavy (non-hydrogen) atoms. The first kappa shape index (κ1) is 25.0. The summed E-state index contributed by atoms with van der Waals surface area (Å²) < 4.78 is 5.95. The molecule has 2 aromatic carbocycles. The van der Waals surface area contributed by atoms with E-state index in [4.69, 9.17) is 4.42 Å². The van der Waals surface area contributed by atoms with E-state index in [9.17, 15) is 9.59 Å². The Hall–Kier alpha value is -4.97. The lowest BCUT2D eigenvalue weighted by Gasteiger charge is -2.57. The van der Waals surface area contributed by atoms with Gasteiger partial charge in [0.2, 0.25) is 11.8 Å². The molecule has 5 aromatic rings. The molecule has 0 saturated carbocycles. The van der Waals surface area contributed by atoms with Crippen molar-refractivity contribution in [2.24, 2.45) is 7.05 Å². The molecule has 3 unspecified atom stereocenters. The lowest BCUT2D eigenvalue weighted by atomic mass is 9.85. The van der Waals surface area contributed by atoms with E-state index in [1.165, 1.54) is 11.7 Å². The second kappa shape index (κ2) is 9.89. The number of fused-ring (bicyclic) bond motifs is 3. The number of nitrogens with one attached hydrogen (secondary N) is 1. The molecule has 6 heterocycles. The highest BCUT2D eigenvalue weighted by Gasteiger charge is 2.49. The maximum atomic E-state index is 13.7. The first-order chi connectivity index (χ1) is 19.9. The molecule has 1 N–H and O–H groups in total. The predicted molar refractivity (Wildman–Crippen MR) is 149 cm³/mol. The van der Waals surface area contributed by atoms with Gasteiger partial charge in [-0.2, -0.15) is 4.80 Å². The number of carbonyl (C=O) groups is 2. The van der Waals surface area contributed by atoms with Crippen molar-refractivity contribution in [3.05, 3.63) is 83.9 Å². The summed E-state index contributed by atoms with van der Waals surface area (Å²) in [7, 11) is 1.76. The third kappa shape index (κ3) is 4.61. The summed E-state index contributed by atoms with van der Waals surface area (Å²) in [4.78, 5) is 39.8. The highest BCUT2D eigenvalue weighted by Crippen LogP contribution is 2.39. The minimum atomic E-state index is -0.162. The Balaban J connectivity index is 1.11. The van der Waals surface area contributed by atoms with E-state index < -0.39 is 0 Å². The number of anilines is 1. The number of pyridine rings is 1. The van der Waals surface area contributed by atoms with Gasteiger partial charge in [-0.15, -0.1) is 10.2 Å². The minimum absolute atomic E-state index is 0.0612. The topological polar surface area (TPSA) is 135 Å². The van der Waals surface area contributed by atoms with Gasteiger partial charge in [-0.25, -0.2) is 4.98 Å². The highest BCUT2D eigenvalue weighted by atomic mass is 16.3. The highest BCUT2D eigenvalue weighted by molar-refractivity contribution is 5.95. The summed E-state index contributed by atoms with van der Waals surface area (Å²) in [5.41, 5.74) is 3.93. The van der Waals surface area contributed by atoms with Crippen LogP contribution in [0.5, 0.6) is 0 Å². The van der Waals surface area contributed by atoms with Crippen LogP contribution in [0.15, 0.2) is 71.3 Å². The molecule has 3 aliphatic rings. The number of benzene rings is 2. The van der Waals surface area contributed by atoms with E-state index in [1.54, 1.807) is 43.6 Å². The summed E-state index contributed by atoms with van der Waals surface area (Å²) in [6.07, 6.45) is 2.55. The number of rotatable bonds is 6. The lowest BCUT2D eigenvalue weighted by molar-refractivity contribution is -0.114. The van der Waals surface area contributed by atoms with Crippen molar-refractivity contribution in [1.29, 1.82) is 0 Å². The summed E-state index contributed by atoms with van der Waals surface area (Å²) >= 11 is 0. The molecule has 3 saturated heterocycles. The molecule has 3 atom stereocenters. The van der Waals surface area contributed by atoms with Crippen LogP contribution in [-0.4, -0.2) is 77.0 Å². The first-order valence-electron chi connectivity index (χ1n) is 13.4. The fraction of sp³-hybridized carbons (Fsp3) is 0.276. The van der Waals surface area contributed by atoms with Gasteiger partial charge in [-0.3, -0.25) is 19.5 Å². The molecule has 12 heteroatoms. The standard InChI is InChI=1S/C29H27N9O3/c1-17(39)31-20-8-9-25-23(13-20)32-28(41-25)19-10-11-30-24(12-19)29(40)38-21-14-22(38)16-37(15-21)26(18-6-4-3-5-7-18)27-33-35-36(2)34-27/h3-13,21-22,26H,14-16H2,1-2H3,(H,31,39). The average Bonchev–Trinajstić information content (AvgIpc) is 3.59. The zero-order chi connectivity index (χ0) is 28.1. The number of hydrogen-bond donors (Lipinski definition) is 1. The van der Waals surface area contributed by atoms with E-state index in [2.05, 4.69) is 47.7 Å². The predicted octanol–water partition coefficient (Wildman–Crippen LogP) is 3.06. The summed E-state index contributed by atoms with van der Waals surface area (Å²) in [5.74, 6) is 0.763. The van der Waals surface area contributed by atoms with Crippen LogP contribution < -0.4 is 5.32 Å². The maximum absolute atomic E-state index is 13.7. The Labute approximate surface area is 235 Å². The summed E-state index contributed by atoms with van der Waals surface area (Å²) in [6.45, 7) is 2.84. The van der Waals surface area contributed by atoms with Gasteiger partial charge in [0.25, 0.3) is 5.91 Å². The fourth-order valence-corrected chi connectivity index (χ4v) is 5.90. The summed E-state index contributed by atoms with van der Waals surface area (Å²) in [5, 5.41) is 15.6. The lowest BCUT2D eigenvalue weighted by Crippen LogP contribution is -2.70. The third-order valence-corrected chi connectivity index (χ3v) is 7.64. The normalized spacial score (nSPS) is 19.1. The molecule has 12 nitrogen and oxygen atoms in total. The number of carbonyl (C=O) groups excluding carboxylic acids is 2. The number of tetrazole rings is 1. The van der Waals surface area contributed by atoms with Gasteiger partial charge in [0.05, 0.1) is 13.1 Å². The van der Waals surface area contributed by atoms with Crippen molar-refractivity contribution in [1.82, 2.24) is 40.0 Å². The number of amides is 2. The molecule has 3 aliphatic heterocycles. The van der Waals surface area contributed by atoms with E-state index >= 15 is 0 Å². The monoisotopic (exact) mass is 549 g/mol. The van der Waals surface area contributed by atoms with Gasteiger partial charge in [0.1, 0.15) is 11.2 Å². The van der Waals surface area contributed by atoms with Crippen LogP contribution in [-0.2, 0) is 11.8 Å². The van der Waals surface area contributed by atoms with Crippen molar-refractivity contribution < 1.29 is 14.0 Å². The van der Waals surface area contributed by atoms with Gasteiger partial charge >= 0.3 is 0 Å². The van der Waals surface area contributed by atoms with Crippen molar-refractivity contribution in [3.8, 4) is 11.5 Å². The number of hydrogen-bond acceptors (Lipinski definition) is 9. The van der Waals surface area contributed by atoms with Gasteiger partial charge in [0, 0.05) is 49.5 Å². The Morgan fingerprint density at radius 2 is 1.85 bits per heavy atom. The largest absolute Gasteiger partial charge is 0.436 e. The van der Waals surface area contributed by atoms with E-state index in [1.807, 2.05) is 23.1 Å². The van der Waals surface area contributed by atoms with Gasteiger partial charge in [-0.05, 0) is 47.5 Å². The number of piperazine rings is 1. The number of aryl methyl sites for hydroxylation is 1.